The molecule has 2 heterocycles. The highest BCUT2D eigenvalue weighted by atomic mass is 16.6. The van der Waals surface area contributed by atoms with Gasteiger partial charge in [-0.3, -0.25) is 10.1 Å². The van der Waals surface area contributed by atoms with E-state index < -0.39 is 4.92 Å². The Balaban J connectivity index is 2.08. The molecule has 1 aliphatic heterocycles. The van der Waals surface area contributed by atoms with Crippen LogP contribution in [0.3, 0.4) is 0 Å². The highest BCUT2D eigenvalue weighted by molar-refractivity contribution is 5.84. The number of imidazole rings is 1. The highest BCUT2D eigenvalue weighted by Crippen LogP contribution is 2.29. The van der Waals surface area contributed by atoms with Gasteiger partial charge in [0.15, 0.2) is 5.52 Å². The van der Waals surface area contributed by atoms with E-state index in [1.807, 2.05) is 10.6 Å². The van der Waals surface area contributed by atoms with Crippen molar-refractivity contribution >= 4 is 16.7 Å². The summed E-state index contributed by atoms with van der Waals surface area (Å²) >= 11 is 0. The SMILES string of the molecule is O=[N+]([O-])c1cccc2c1ncn2C1CCCCO1. The largest absolute Gasteiger partial charge is 0.358 e. The van der Waals surface area contributed by atoms with Gasteiger partial charge in [-0.05, 0) is 25.3 Å². The van der Waals surface area contributed by atoms with E-state index >= 15 is 0 Å². The van der Waals surface area contributed by atoms with Crippen molar-refractivity contribution in [2.45, 2.75) is 25.5 Å². The van der Waals surface area contributed by atoms with Gasteiger partial charge in [0, 0.05) is 12.7 Å². The number of rotatable bonds is 2. The van der Waals surface area contributed by atoms with Crippen LogP contribution in [0.25, 0.3) is 11.0 Å². The van der Waals surface area contributed by atoms with Crippen LogP contribution in [0.4, 0.5) is 5.69 Å². The monoisotopic (exact) mass is 247 g/mol. The first kappa shape index (κ1) is 11.2. The van der Waals surface area contributed by atoms with Crippen molar-refractivity contribution in [2.24, 2.45) is 0 Å². The molecular formula is C12H13N3O3. The molecule has 0 N–H and O–H groups in total. The molecule has 2 aromatic rings. The molecule has 6 nitrogen and oxygen atoms in total. The lowest BCUT2D eigenvalue weighted by Gasteiger charge is -2.24. The van der Waals surface area contributed by atoms with Gasteiger partial charge in [0.05, 0.1) is 16.8 Å². The van der Waals surface area contributed by atoms with Crippen molar-refractivity contribution in [3.05, 3.63) is 34.6 Å². The van der Waals surface area contributed by atoms with Crippen molar-refractivity contribution in [3.8, 4) is 0 Å². The first-order chi connectivity index (χ1) is 8.77. The maximum absolute atomic E-state index is 10.9. The summed E-state index contributed by atoms with van der Waals surface area (Å²) < 4.78 is 7.57. The van der Waals surface area contributed by atoms with Crippen molar-refractivity contribution < 1.29 is 9.66 Å². The van der Waals surface area contributed by atoms with E-state index in [1.54, 1.807) is 12.4 Å². The summed E-state index contributed by atoms with van der Waals surface area (Å²) in [4.78, 5) is 14.7. The number of nitro benzene ring substituents is 1. The number of hydrogen-bond donors (Lipinski definition) is 0. The first-order valence-electron chi connectivity index (χ1n) is 5.99. The molecule has 0 radical (unpaired) electrons. The normalized spacial score (nSPS) is 20.1. The maximum Gasteiger partial charge on any atom is 0.297 e. The quantitative estimate of drug-likeness (QED) is 0.604. The Labute approximate surface area is 103 Å². The Bertz CT molecular complexity index is 587. The summed E-state index contributed by atoms with van der Waals surface area (Å²) in [5.41, 5.74) is 1.23. The lowest BCUT2D eigenvalue weighted by atomic mass is 10.2. The van der Waals surface area contributed by atoms with E-state index in [1.165, 1.54) is 6.07 Å². The van der Waals surface area contributed by atoms with Gasteiger partial charge in [-0.25, -0.2) is 4.98 Å². The number of para-hydroxylation sites is 1. The summed E-state index contributed by atoms with van der Waals surface area (Å²) in [5.74, 6) is 0. The Morgan fingerprint density at radius 2 is 2.33 bits per heavy atom. The second-order valence-corrected chi connectivity index (χ2v) is 4.38. The summed E-state index contributed by atoms with van der Waals surface area (Å²) in [6.07, 6.45) is 4.69. The average Bonchev–Trinajstić information content (AvgIpc) is 2.83. The zero-order valence-electron chi connectivity index (χ0n) is 9.78. The number of non-ortho nitro benzene ring substituents is 1. The highest BCUT2D eigenvalue weighted by Gasteiger charge is 2.21. The molecule has 1 unspecified atom stereocenters. The number of benzene rings is 1. The van der Waals surface area contributed by atoms with Gasteiger partial charge in [-0.15, -0.1) is 0 Å². The molecule has 6 heteroatoms. The number of ether oxygens (including phenoxy) is 1. The first-order valence-corrected chi connectivity index (χ1v) is 5.99. The molecule has 0 aliphatic carbocycles. The predicted octanol–water partition coefficient (Wildman–Crippen LogP) is 2.64. The molecule has 1 saturated heterocycles. The fraction of sp³-hybridized carbons (Fsp3) is 0.417. The third kappa shape index (κ3) is 1.74. The summed E-state index contributed by atoms with van der Waals surface area (Å²) in [7, 11) is 0. The van der Waals surface area contributed by atoms with Crippen LogP contribution in [0.15, 0.2) is 24.5 Å². The number of nitro groups is 1. The van der Waals surface area contributed by atoms with E-state index in [-0.39, 0.29) is 11.9 Å². The fourth-order valence-corrected chi connectivity index (χ4v) is 2.36. The molecule has 0 bridgehead atoms. The smallest absolute Gasteiger partial charge is 0.297 e. The molecule has 3 rings (SSSR count). The van der Waals surface area contributed by atoms with Gasteiger partial charge in [-0.1, -0.05) is 6.07 Å². The third-order valence-corrected chi connectivity index (χ3v) is 3.25. The second-order valence-electron chi connectivity index (χ2n) is 4.38. The van der Waals surface area contributed by atoms with Crippen LogP contribution in [0.1, 0.15) is 25.5 Å². The summed E-state index contributed by atoms with van der Waals surface area (Å²) in [6.45, 7) is 0.735. The molecule has 1 aromatic carbocycles. The minimum Gasteiger partial charge on any atom is -0.358 e. The van der Waals surface area contributed by atoms with Gasteiger partial charge < -0.3 is 9.30 Å². The van der Waals surface area contributed by atoms with Crippen molar-refractivity contribution in [1.82, 2.24) is 9.55 Å². The topological polar surface area (TPSA) is 70.2 Å². The van der Waals surface area contributed by atoms with Crippen LogP contribution in [-0.2, 0) is 4.74 Å². The van der Waals surface area contributed by atoms with Crippen LogP contribution in [-0.4, -0.2) is 21.1 Å². The molecule has 0 spiro atoms. The zero-order chi connectivity index (χ0) is 12.5. The van der Waals surface area contributed by atoms with Gasteiger partial charge in [0.2, 0.25) is 0 Å². The average molecular weight is 247 g/mol. The zero-order valence-corrected chi connectivity index (χ0v) is 9.78. The number of hydrogen-bond acceptors (Lipinski definition) is 4. The van der Waals surface area contributed by atoms with Crippen molar-refractivity contribution in [3.63, 3.8) is 0 Å². The molecule has 0 amide bonds. The Kier molecular flexibility index (Phi) is 2.71. The molecule has 0 saturated carbocycles. The molecule has 1 aromatic heterocycles. The van der Waals surface area contributed by atoms with Crippen LogP contribution >= 0.6 is 0 Å². The number of aromatic nitrogens is 2. The lowest BCUT2D eigenvalue weighted by Crippen LogP contribution is -2.17. The fourth-order valence-electron chi connectivity index (χ4n) is 2.36. The minimum absolute atomic E-state index is 0.0436. The van der Waals surface area contributed by atoms with E-state index in [2.05, 4.69) is 4.98 Å². The molecule has 1 fully saturated rings. The van der Waals surface area contributed by atoms with Crippen molar-refractivity contribution in [1.29, 1.82) is 0 Å². The third-order valence-electron chi connectivity index (χ3n) is 3.25. The second kappa shape index (κ2) is 4.38. The standard InChI is InChI=1S/C12H13N3O3/c16-15(17)10-5-3-4-9-12(10)13-8-14(9)11-6-1-2-7-18-11/h3-5,8,11H,1-2,6-7H2. The molecule has 1 aliphatic rings. The molecule has 1 atom stereocenters. The van der Waals surface area contributed by atoms with E-state index in [0.29, 0.717) is 5.52 Å². The Morgan fingerprint density at radius 3 is 3.06 bits per heavy atom. The van der Waals surface area contributed by atoms with Crippen LogP contribution in [0.2, 0.25) is 0 Å². The Hall–Kier alpha value is -1.95. The van der Waals surface area contributed by atoms with Crippen LogP contribution in [0, 0.1) is 10.1 Å². The van der Waals surface area contributed by atoms with Crippen LogP contribution < -0.4 is 0 Å². The predicted molar refractivity (Wildman–Crippen MR) is 65.2 cm³/mol. The summed E-state index contributed by atoms with van der Waals surface area (Å²) in [5, 5.41) is 10.9. The number of fused-ring (bicyclic) bond motifs is 1. The Morgan fingerprint density at radius 1 is 1.44 bits per heavy atom. The molecule has 94 valence electrons. The van der Waals surface area contributed by atoms with E-state index in [0.717, 1.165) is 31.4 Å². The number of nitrogens with zero attached hydrogens (tertiary/aromatic N) is 3. The van der Waals surface area contributed by atoms with E-state index in [4.69, 9.17) is 4.74 Å². The minimum atomic E-state index is -0.401. The molecule has 18 heavy (non-hydrogen) atoms. The van der Waals surface area contributed by atoms with E-state index in [9.17, 15) is 10.1 Å². The van der Waals surface area contributed by atoms with Gasteiger partial charge in [0.25, 0.3) is 5.69 Å². The van der Waals surface area contributed by atoms with Gasteiger partial charge in [-0.2, -0.15) is 0 Å². The van der Waals surface area contributed by atoms with Crippen LogP contribution in [0.5, 0.6) is 0 Å². The van der Waals surface area contributed by atoms with Gasteiger partial charge in [0.1, 0.15) is 6.23 Å². The summed E-state index contributed by atoms with van der Waals surface area (Å²) in [6, 6.07) is 5.00. The molecular weight excluding hydrogens is 234 g/mol. The maximum atomic E-state index is 10.9. The lowest BCUT2D eigenvalue weighted by molar-refractivity contribution is -0.383. The van der Waals surface area contributed by atoms with Crippen molar-refractivity contribution in [2.75, 3.05) is 6.61 Å². The van der Waals surface area contributed by atoms with Gasteiger partial charge >= 0.3 is 0 Å².